The average molecular weight is 553 g/mol. The summed E-state index contributed by atoms with van der Waals surface area (Å²) in [6.45, 7) is 0. The van der Waals surface area contributed by atoms with E-state index in [9.17, 15) is 9.90 Å². The van der Waals surface area contributed by atoms with Gasteiger partial charge in [-0.1, -0.05) is 24.3 Å². The van der Waals surface area contributed by atoms with E-state index in [0.29, 0.717) is 11.8 Å². The number of fused-ring (bicyclic) bond motifs is 1. The van der Waals surface area contributed by atoms with Crippen molar-refractivity contribution in [1.29, 1.82) is 0 Å². The highest BCUT2D eigenvalue weighted by molar-refractivity contribution is 6.48. The molecule has 1 N–H and O–H groups in total. The second-order valence-electron chi connectivity index (χ2n) is 16.6. The molecule has 7 unspecified atom stereocenters. The van der Waals surface area contributed by atoms with E-state index in [4.69, 9.17) is 0 Å². The third kappa shape index (κ3) is 1.11. The minimum atomic E-state index is -0.588. The van der Waals surface area contributed by atoms with Crippen molar-refractivity contribution in [1.82, 2.24) is 0 Å². The Morgan fingerprint density at radius 1 is 0.659 bits per heavy atom. The van der Waals surface area contributed by atoms with Crippen LogP contribution >= 0.6 is 0 Å². The van der Waals surface area contributed by atoms with Crippen LogP contribution < -0.4 is 5.22 Å². The molecule has 2 nitrogen and oxygen atoms in total. The Hall–Kier alpha value is -4.69. The van der Waals surface area contributed by atoms with Gasteiger partial charge in [-0.15, -0.1) is 0 Å². The van der Waals surface area contributed by atoms with Crippen LogP contribution in [0, 0.1) is 17.3 Å². The molecule has 2 fully saturated rings. The van der Waals surface area contributed by atoms with E-state index in [1.807, 2.05) is 0 Å². The zero-order valence-electron chi connectivity index (χ0n) is 23.1. The maximum Gasteiger partial charge on any atom is 0.308 e. The molecule has 0 aromatic heterocycles. The van der Waals surface area contributed by atoms with Gasteiger partial charge in [-0.05, 0) is 167 Å². The molecule has 44 heavy (non-hydrogen) atoms. The van der Waals surface area contributed by atoms with Crippen molar-refractivity contribution in [2.24, 2.45) is 17.3 Å². The van der Waals surface area contributed by atoms with Gasteiger partial charge in [0.05, 0.1) is 5.92 Å². The molecular formula is C42H16O2. The fourth-order valence-corrected chi connectivity index (χ4v) is 15.7. The summed E-state index contributed by atoms with van der Waals surface area (Å²) in [6.07, 6.45) is 4.50. The third-order valence-electron chi connectivity index (χ3n) is 16.0. The highest BCUT2D eigenvalue weighted by Crippen LogP contribution is 2.89. The fraction of sp³-hybridized carbons (Fsp3) is 0.214. The second-order valence-corrected chi connectivity index (χ2v) is 16.6. The summed E-state index contributed by atoms with van der Waals surface area (Å²) in [7, 11) is 0. The monoisotopic (exact) mass is 552 g/mol. The molecule has 2 saturated carbocycles. The lowest BCUT2D eigenvalue weighted by Crippen LogP contribution is -2.32. The summed E-state index contributed by atoms with van der Waals surface area (Å²) >= 11 is 0. The van der Waals surface area contributed by atoms with Crippen LogP contribution in [-0.4, -0.2) is 11.1 Å². The molecular weight excluding hydrogens is 536 g/mol. The molecule has 0 heterocycles. The Bertz CT molecular complexity index is 3280. The maximum absolute atomic E-state index is 13.1. The highest BCUT2D eigenvalue weighted by Gasteiger charge is 2.82. The zero-order valence-corrected chi connectivity index (χ0v) is 23.1. The molecule has 0 amide bonds. The van der Waals surface area contributed by atoms with Crippen LogP contribution in [-0.2, 0) is 23.1 Å². The van der Waals surface area contributed by atoms with Crippen LogP contribution in [0.25, 0.3) is 75.8 Å². The minimum Gasteiger partial charge on any atom is -0.481 e. The number of benzene rings is 4. The van der Waals surface area contributed by atoms with Gasteiger partial charge in [0, 0.05) is 34.5 Å². The van der Waals surface area contributed by atoms with Crippen LogP contribution in [0.5, 0.6) is 0 Å². The van der Waals surface area contributed by atoms with E-state index in [0.717, 1.165) is 12.8 Å². The van der Waals surface area contributed by atoms with Crippen LogP contribution in [0.2, 0.25) is 0 Å². The summed E-state index contributed by atoms with van der Waals surface area (Å²) in [4.78, 5) is 13.1. The number of hydrogen-bond donors (Lipinski definition) is 1. The summed E-state index contributed by atoms with van der Waals surface area (Å²) in [5, 5.41) is 30.9. The Morgan fingerprint density at radius 2 is 1.45 bits per heavy atom. The number of carboxylic acid groups (broad SMARTS) is 1. The van der Waals surface area contributed by atoms with E-state index in [-0.39, 0.29) is 28.6 Å². The molecule has 0 saturated heterocycles. The third-order valence-corrected chi connectivity index (χ3v) is 16.0. The van der Waals surface area contributed by atoms with E-state index in [1.165, 1.54) is 49.4 Å². The summed E-state index contributed by atoms with van der Waals surface area (Å²) in [5.74, 6) is 0.517. The van der Waals surface area contributed by atoms with E-state index >= 15 is 0 Å². The van der Waals surface area contributed by atoms with Crippen LogP contribution in [0.3, 0.4) is 0 Å². The van der Waals surface area contributed by atoms with Crippen molar-refractivity contribution in [2.45, 2.75) is 36.0 Å². The van der Waals surface area contributed by atoms with Gasteiger partial charge in [0.2, 0.25) is 0 Å². The lowest BCUT2D eigenvalue weighted by atomic mass is 9.64. The largest absolute Gasteiger partial charge is 0.481 e. The summed E-state index contributed by atoms with van der Waals surface area (Å²) in [5.41, 5.74) is 20.4. The molecule has 8 aromatic carbocycles. The Kier molecular flexibility index (Phi) is 1.78. The predicted octanol–water partition coefficient (Wildman–Crippen LogP) is 7.28. The van der Waals surface area contributed by atoms with Crippen LogP contribution in [0.1, 0.15) is 79.0 Å². The number of allylic oxidation sites excluding steroid dienone is 2. The summed E-state index contributed by atoms with van der Waals surface area (Å²) in [6, 6.07) is 12.8. The first-order valence-electron chi connectivity index (χ1n) is 16.6. The topological polar surface area (TPSA) is 37.3 Å². The smallest absolute Gasteiger partial charge is 0.308 e. The van der Waals surface area contributed by atoms with E-state index < -0.39 is 5.97 Å². The first-order chi connectivity index (χ1) is 21.7. The lowest BCUT2D eigenvalue weighted by Gasteiger charge is -2.38. The number of aliphatic carboxylic acids is 1. The van der Waals surface area contributed by atoms with Gasteiger partial charge in [-0.2, -0.15) is 0 Å². The van der Waals surface area contributed by atoms with Gasteiger partial charge >= 0.3 is 5.97 Å². The van der Waals surface area contributed by atoms with Gasteiger partial charge in [0.15, 0.2) is 0 Å². The maximum atomic E-state index is 13.1. The molecule has 196 valence electrons. The zero-order chi connectivity index (χ0) is 27.1. The Labute approximate surface area is 247 Å². The summed E-state index contributed by atoms with van der Waals surface area (Å²) < 4.78 is 0. The Balaban J connectivity index is 1.31. The highest BCUT2D eigenvalue weighted by atomic mass is 16.4. The molecule has 10 aliphatic carbocycles. The van der Waals surface area contributed by atoms with Crippen molar-refractivity contribution in [3.63, 3.8) is 0 Å². The molecule has 2 heteroatoms. The molecule has 0 bridgehead atoms. The minimum absolute atomic E-state index is 0.101. The van der Waals surface area contributed by atoms with E-state index in [2.05, 4.69) is 36.4 Å². The number of carboxylic acids is 1. The molecule has 0 radical (unpaired) electrons. The first kappa shape index (κ1) is 18.2. The normalized spacial score (nSPS) is 35.3. The fourth-order valence-electron chi connectivity index (χ4n) is 15.7. The van der Waals surface area contributed by atoms with Crippen LogP contribution in [0.15, 0.2) is 36.4 Å². The number of carbonyl (C=O) groups is 1. The van der Waals surface area contributed by atoms with Gasteiger partial charge in [0.1, 0.15) is 0 Å². The Morgan fingerprint density at radius 3 is 2.36 bits per heavy atom. The van der Waals surface area contributed by atoms with Crippen molar-refractivity contribution in [3.8, 4) is 0 Å². The molecule has 7 atom stereocenters. The lowest BCUT2D eigenvalue weighted by molar-refractivity contribution is -0.139. The van der Waals surface area contributed by atoms with Crippen LogP contribution in [0.4, 0.5) is 0 Å². The second kappa shape index (κ2) is 4.30. The molecule has 18 rings (SSSR count). The molecule has 10 aliphatic rings. The number of rotatable bonds is 1. The standard InChI is InChI=1S/C42H16O2/c43-40(44)39-35-16-7-14-6-13-4-12-3-10-1-9-2-11-5-15-8-41(35,39)36-22(16)30-32-28-26-24(20(15)29(28)36)18(11)17(9)23-19(10)25-21(12)33(13)42(34(14)30)37(38(32)42)31(25)27(23)26/h1-4,7-8,35-39H,5-6H2,(H,43,44). The van der Waals surface area contributed by atoms with Crippen molar-refractivity contribution in [3.05, 3.63) is 103 Å². The van der Waals surface area contributed by atoms with Gasteiger partial charge in [0.25, 0.3) is 0 Å². The molecule has 0 aliphatic heterocycles. The van der Waals surface area contributed by atoms with Crippen molar-refractivity contribution >= 4 is 81.8 Å². The van der Waals surface area contributed by atoms with Gasteiger partial charge in [-0.3, -0.25) is 4.79 Å². The quantitative estimate of drug-likeness (QED) is 0.217. The first-order valence-corrected chi connectivity index (χ1v) is 16.6. The SMILES string of the molecule is O=C(O)C1C2c3cc4c5c6c3C3c7c8c9c%10c(cc%11cc%12cc%13cc(c%14c%13c%13c%15c(c9c7=C6C6C%15C5%146)c(c%12%13)c%11%10)C4)CC8=CC312. The van der Waals surface area contributed by atoms with E-state index in [1.54, 1.807) is 92.8 Å². The van der Waals surface area contributed by atoms with Gasteiger partial charge < -0.3 is 5.11 Å². The average Bonchev–Trinajstić information content (AvgIpc) is 3.33. The van der Waals surface area contributed by atoms with Crippen molar-refractivity contribution < 1.29 is 9.90 Å². The molecule has 8 aromatic rings. The molecule has 2 spiro atoms. The number of hydrogen-bond acceptors (Lipinski definition) is 1. The van der Waals surface area contributed by atoms with Crippen molar-refractivity contribution in [2.75, 3.05) is 0 Å². The van der Waals surface area contributed by atoms with Gasteiger partial charge in [-0.25, -0.2) is 0 Å². The predicted molar refractivity (Wildman–Crippen MR) is 169 cm³/mol.